The standard InChI is InChI=1S/C31H24N6O4S/c1-3-33-30(39)24-7-6-20(26(37-24)31(40)41-2)21-14-25-23(27-17(15-35-25)9-11-42-27)13-22(21)29(38)36-18-4-5-19-16(12-18)8-10-34-28(19)32/h4-15H,3H2,1-2H3,(H2,32,34)(H,33,39)(H,36,38). The number of rotatable bonds is 6. The zero-order chi connectivity index (χ0) is 29.4. The molecule has 42 heavy (non-hydrogen) atoms. The molecule has 0 bridgehead atoms. The zero-order valence-electron chi connectivity index (χ0n) is 22.6. The predicted octanol–water partition coefficient (Wildman–Crippen LogP) is 5.43. The number of thiophene rings is 1. The minimum absolute atomic E-state index is 0.0520. The topological polar surface area (TPSA) is 149 Å². The van der Waals surface area contributed by atoms with Gasteiger partial charge in [-0.1, -0.05) is 0 Å². The first-order valence-corrected chi connectivity index (χ1v) is 13.9. The van der Waals surface area contributed by atoms with Gasteiger partial charge in [-0.25, -0.2) is 14.8 Å². The van der Waals surface area contributed by atoms with Crippen LogP contribution in [0.5, 0.6) is 0 Å². The number of methoxy groups -OCH3 is 1. The minimum Gasteiger partial charge on any atom is -0.464 e. The van der Waals surface area contributed by atoms with Crippen LogP contribution in [0.2, 0.25) is 0 Å². The Kier molecular flexibility index (Phi) is 6.93. The molecule has 0 spiro atoms. The van der Waals surface area contributed by atoms with E-state index in [1.165, 1.54) is 13.2 Å². The fourth-order valence-corrected chi connectivity index (χ4v) is 5.75. The number of carbonyl (C=O) groups excluding carboxylic acids is 3. The van der Waals surface area contributed by atoms with Crippen LogP contribution in [-0.2, 0) is 4.74 Å². The number of benzene rings is 2. The van der Waals surface area contributed by atoms with Gasteiger partial charge in [-0.2, -0.15) is 0 Å². The Balaban J connectivity index is 1.53. The second-order valence-electron chi connectivity index (χ2n) is 9.41. The Morgan fingerprint density at radius 2 is 1.79 bits per heavy atom. The number of anilines is 2. The van der Waals surface area contributed by atoms with Crippen molar-refractivity contribution in [2.45, 2.75) is 6.92 Å². The van der Waals surface area contributed by atoms with E-state index >= 15 is 0 Å². The Morgan fingerprint density at radius 3 is 2.60 bits per heavy atom. The van der Waals surface area contributed by atoms with E-state index in [1.807, 2.05) is 23.6 Å². The molecule has 0 aliphatic rings. The van der Waals surface area contributed by atoms with Crippen LogP contribution >= 0.6 is 11.3 Å². The molecule has 0 aliphatic carbocycles. The van der Waals surface area contributed by atoms with Crippen LogP contribution in [-0.4, -0.2) is 46.4 Å². The number of nitrogens with zero attached hydrogens (tertiary/aromatic N) is 3. The molecule has 4 aromatic heterocycles. The minimum atomic E-state index is -0.745. The third kappa shape index (κ3) is 4.75. The third-order valence-corrected chi connectivity index (χ3v) is 7.81. The van der Waals surface area contributed by atoms with E-state index in [2.05, 4.69) is 25.6 Å². The average molecular weight is 577 g/mol. The summed E-state index contributed by atoms with van der Waals surface area (Å²) in [5.74, 6) is -1.19. The van der Waals surface area contributed by atoms with Crippen molar-refractivity contribution >= 4 is 72.4 Å². The summed E-state index contributed by atoms with van der Waals surface area (Å²) >= 11 is 1.55. The molecule has 10 nitrogen and oxygen atoms in total. The fraction of sp³-hybridized carbons (Fsp3) is 0.0968. The maximum atomic E-state index is 14.0. The van der Waals surface area contributed by atoms with Gasteiger partial charge in [0.05, 0.1) is 12.6 Å². The molecule has 4 N–H and O–H groups in total. The van der Waals surface area contributed by atoms with Crippen molar-refractivity contribution in [2.24, 2.45) is 0 Å². The van der Waals surface area contributed by atoms with Crippen molar-refractivity contribution in [3.05, 3.63) is 89.3 Å². The van der Waals surface area contributed by atoms with Crippen molar-refractivity contribution < 1.29 is 19.1 Å². The molecule has 4 heterocycles. The van der Waals surface area contributed by atoms with Gasteiger partial charge < -0.3 is 21.1 Å². The van der Waals surface area contributed by atoms with Crippen molar-refractivity contribution in [3.8, 4) is 11.1 Å². The number of amides is 2. The van der Waals surface area contributed by atoms with E-state index < -0.39 is 17.8 Å². The van der Waals surface area contributed by atoms with Gasteiger partial charge in [0.1, 0.15) is 11.5 Å². The number of fused-ring (bicyclic) bond motifs is 4. The highest BCUT2D eigenvalue weighted by molar-refractivity contribution is 7.18. The van der Waals surface area contributed by atoms with E-state index in [0.29, 0.717) is 34.7 Å². The van der Waals surface area contributed by atoms with E-state index in [0.717, 1.165) is 26.2 Å². The lowest BCUT2D eigenvalue weighted by Crippen LogP contribution is -2.24. The summed E-state index contributed by atoms with van der Waals surface area (Å²) in [6.07, 6.45) is 3.38. The molecule has 0 aliphatic heterocycles. The molecular formula is C31H24N6O4S. The first kappa shape index (κ1) is 26.8. The number of hydrogen-bond donors (Lipinski definition) is 3. The third-order valence-electron chi connectivity index (χ3n) is 6.85. The summed E-state index contributed by atoms with van der Waals surface area (Å²) in [5.41, 5.74) is 8.16. The molecule has 11 heteroatoms. The van der Waals surface area contributed by atoms with Crippen molar-refractivity contribution in [1.82, 2.24) is 20.3 Å². The molecule has 208 valence electrons. The summed E-state index contributed by atoms with van der Waals surface area (Å²) in [4.78, 5) is 52.5. The highest BCUT2D eigenvalue weighted by atomic mass is 32.1. The van der Waals surface area contributed by atoms with Crippen LogP contribution in [0.4, 0.5) is 11.5 Å². The zero-order valence-corrected chi connectivity index (χ0v) is 23.4. The Bertz CT molecular complexity index is 2060. The molecule has 0 unspecified atom stereocenters. The maximum absolute atomic E-state index is 14.0. The monoisotopic (exact) mass is 576 g/mol. The number of pyridine rings is 3. The van der Waals surface area contributed by atoms with Gasteiger partial charge in [-0.15, -0.1) is 11.3 Å². The number of nitrogen functional groups attached to an aromatic ring is 1. The molecule has 2 amide bonds. The van der Waals surface area contributed by atoms with Gasteiger partial charge in [-0.05, 0) is 77.9 Å². The van der Waals surface area contributed by atoms with Gasteiger partial charge in [0, 0.05) is 56.6 Å². The van der Waals surface area contributed by atoms with Crippen LogP contribution in [0.3, 0.4) is 0 Å². The second-order valence-corrected chi connectivity index (χ2v) is 10.3. The first-order chi connectivity index (χ1) is 20.4. The quantitative estimate of drug-likeness (QED) is 0.222. The summed E-state index contributed by atoms with van der Waals surface area (Å²) in [6, 6.07) is 15.8. The largest absolute Gasteiger partial charge is 0.464 e. The molecule has 0 radical (unpaired) electrons. The Hall–Kier alpha value is -5.42. The van der Waals surface area contributed by atoms with Gasteiger partial charge in [-0.3, -0.25) is 14.6 Å². The summed E-state index contributed by atoms with van der Waals surface area (Å²) in [6.45, 7) is 2.18. The van der Waals surface area contributed by atoms with Gasteiger partial charge >= 0.3 is 5.97 Å². The molecular weight excluding hydrogens is 552 g/mol. The summed E-state index contributed by atoms with van der Waals surface area (Å²) in [7, 11) is 1.23. The molecule has 0 atom stereocenters. The number of carbonyl (C=O) groups is 3. The molecule has 0 saturated heterocycles. The highest BCUT2D eigenvalue weighted by Crippen LogP contribution is 2.36. The second kappa shape index (κ2) is 10.9. The normalized spacial score (nSPS) is 11.1. The van der Waals surface area contributed by atoms with Gasteiger partial charge in [0.25, 0.3) is 11.8 Å². The molecule has 0 fully saturated rings. The number of nitrogens with one attached hydrogen (secondary N) is 2. The number of ether oxygens (including phenoxy) is 1. The van der Waals surface area contributed by atoms with E-state index in [1.54, 1.807) is 61.0 Å². The lowest BCUT2D eigenvalue weighted by molar-refractivity contribution is 0.0594. The highest BCUT2D eigenvalue weighted by Gasteiger charge is 2.24. The smallest absolute Gasteiger partial charge is 0.357 e. The Morgan fingerprint density at radius 1 is 0.929 bits per heavy atom. The fourth-order valence-electron chi connectivity index (χ4n) is 4.85. The predicted molar refractivity (Wildman–Crippen MR) is 164 cm³/mol. The molecule has 2 aromatic carbocycles. The summed E-state index contributed by atoms with van der Waals surface area (Å²) < 4.78 is 5.99. The van der Waals surface area contributed by atoms with Crippen LogP contribution in [0.25, 0.3) is 42.9 Å². The molecule has 6 aromatic rings. The average Bonchev–Trinajstić information content (AvgIpc) is 3.49. The molecule has 6 rings (SSSR count). The van der Waals surface area contributed by atoms with Crippen molar-refractivity contribution in [3.63, 3.8) is 0 Å². The van der Waals surface area contributed by atoms with E-state index in [4.69, 9.17) is 10.5 Å². The first-order valence-electron chi connectivity index (χ1n) is 13.0. The van der Waals surface area contributed by atoms with Crippen LogP contribution in [0, 0.1) is 0 Å². The lowest BCUT2D eigenvalue weighted by Gasteiger charge is -2.15. The number of esters is 1. The maximum Gasteiger partial charge on any atom is 0.357 e. The van der Waals surface area contributed by atoms with E-state index in [9.17, 15) is 14.4 Å². The van der Waals surface area contributed by atoms with Gasteiger partial charge in [0.15, 0.2) is 5.69 Å². The summed E-state index contributed by atoms with van der Waals surface area (Å²) in [5, 5.41) is 11.0. The number of hydrogen-bond acceptors (Lipinski definition) is 9. The van der Waals surface area contributed by atoms with Crippen LogP contribution in [0.15, 0.2) is 72.4 Å². The molecule has 0 saturated carbocycles. The van der Waals surface area contributed by atoms with Crippen LogP contribution < -0.4 is 16.4 Å². The Labute approximate surface area is 243 Å². The van der Waals surface area contributed by atoms with Crippen molar-refractivity contribution in [2.75, 3.05) is 24.7 Å². The number of nitrogens with two attached hydrogens (primary N) is 1. The van der Waals surface area contributed by atoms with Gasteiger partial charge in [0.2, 0.25) is 0 Å². The SMILES string of the molecule is CCNC(=O)c1ccc(-c2cc3ncc4ccsc4c3cc2C(=O)Nc2ccc3c(N)nccc3c2)c(C(=O)OC)n1. The van der Waals surface area contributed by atoms with E-state index in [-0.39, 0.29) is 17.0 Å². The van der Waals surface area contributed by atoms with Crippen molar-refractivity contribution in [1.29, 1.82) is 0 Å². The lowest BCUT2D eigenvalue weighted by atomic mass is 9.94. The van der Waals surface area contributed by atoms with Crippen LogP contribution in [0.1, 0.15) is 38.3 Å². The number of aromatic nitrogens is 3.